The number of halogens is 3. The SMILES string of the molecule is COc1cc(NSc2cccc3cccnc23)ccc1C(=O)N1CCN(C(=O)c2ncccc2C(F)(F)F)CC1. The fourth-order valence-electron chi connectivity index (χ4n) is 4.44. The second-order valence-electron chi connectivity index (χ2n) is 8.93. The zero-order valence-corrected chi connectivity index (χ0v) is 22.1. The smallest absolute Gasteiger partial charge is 0.418 e. The lowest BCUT2D eigenvalue weighted by molar-refractivity contribution is -0.138. The van der Waals surface area contributed by atoms with Crippen LogP contribution < -0.4 is 9.46 Å². The first-order valence-corrected chi connectivity index (χ1v) is 13.1. The van der Waals surface area contributed by atoms with E-state index in [1.54, 1.807) is 29.3 Å². The molecule has 0 atom stereocenters. The molecule has 0 unspecified atom stereocenters. The number of rotatable bonds is 6. The summed E-state index contributed by atoms with van der Waals surface area (Å²) in [5, 5.41) is 1.02. The van der Waals surface area contributed by atoms with E-state index >= 15 is 0 Å². The van der Waals surface area contributed by atoms with Gasteiger partial charge in [0.2, 0.25) is 0 Å². The van der Waals surface area contributed by atoms with E-state index in [9.17, 15) is 22.8 Å². The van der Waals surface area contributed by atoms with Crippen molar-refractivity contribution in [2.45, 2.75) is 11.1 Å². The van der Waals surface area contributed by atoms with Crippen molar-refractivity contribution in [3.05, 3.63) is 89.9 Å². The first-order chi connectivity index (χ1) is 19.3. The molecular weight excluding hydrogens is 543 g/mol. The van der Waals surface area contributed by atoms with Crippen molar-refractivity contribution in [1.29, 1.82) is 0 Å². The van der Waals surface area contributed by atoms with Crippen LogP contribution in [0.1, 0.15) is 26.4 Å². The molecule has 206 valence electrons. The summed E-state index contributed by atoms with van der Waals surface area (Å²) < 4.78 is 48.8. The van der Waals surface area contributed by atoms with E-state index in [4.69, 9.17) is 4.74 Å². The van der Waals surface area contributed by atoms with Crippen LogP contribution in [-0.4, -0.2) is 64.9 Å². The van der Waals surface area contributed by atoms with Gasteiger partial charge in [-0.2, -0.15) is 13.2 Å². The Balaban J connectivity index is 1.24. The lowest BCUT2D eigenvalue weighted by Crippen LogP contribution is -2.51. The number of piperazine rings is 1. The molecule has 2 aromatic carbocycles. The maximum atomic E-state index is 13.3. The first-order valence-electron chi connectivity index (χ1n) is 12.3. The number of ether oxygens (including phenoxy) is 1. The molecule has 1 N–H and O–H groups in total. The van der Waals surface area contributed by atoms with Gasteiger partial charge in [0.05, 0.1) is 28.6 Å². The van der Waals surface area contributed by atoms with Crippen LogP contribution in [0.5, 0.6) is 5.75 Å². The predicted molar refractivity (Wildman–Crippen MR) is 145 cm³/mol. The van der Waals surface area contributed by atoms with Gasteiger partial charge in [-0.15, -0.1) is 0 Å². The number of aromatic nitrogens is 2. The number of nitrogens with one attached hydrogen (secondary N) is 1. The largest absolute Gasteiger partial charge is 0.496 e. The van der Waals surface area contributed by atoms with Crippen molar-refractivity contribution in [2.24, 2.45) is 0 Å². The van der Waals surface area contributed by atoms with Crippen LogP contribution in [0, 0.1) is 0 Å². The van der Waals surface area contributed by atoms with Gasteiger partial charge in [-0.3, -0.25) is 19.6 Å². The molecule has 1 aliphatic rings. The van der Waals surface area contributed by atoms with Crippen molar-refractivity contribution in [3.63, 3.8) is 0 Å². The minimum Gasteiger partial charge on any atom is -0.496 e. The second kappa shape index (κ2) is 11.4. The average Bonchev–Trinajstić information content (AvgIpc) is 2.98. The van der Waals surface area contributed by atoms with E-state index in [2.05, 4.69) is 14.7 Å². The van der Waals surface area contributed by atoms with Gasteiger partial charge in [0.25, 0.3) is 11.8 Å². The molecule has 2 amide bonds. The number of carbonyl (C=O) groups excluding carboxylic acids is 2. The zero-order chi connectivity index (χ0) is 28.3. The van der Waals surface area contributed by atoms with Crippen LogP contribution in [0.15, 0.2) is 78.0 Å². The number of hydrogen-bond donors (Lipinski definition) is 1. The topological polar surface area (TPSA) is 87.7 Å². The Morgan fingerprint density at radius 3 is 2.30 bits per heavy atom. The number of fused-ring (bicyclic) bond motifs is 1. The minimum absolute atomic E-state index is 0.0795. The van der Waals surface area contributed by atoms with Gasteiger partial charge >= 0.3 is 6.18 Å². The van der Waals surface area contributed by atoms with E-state index in [0.717, 1.165) is 39.8 Å². The highest BCUT2D eigenvalue weighted by Gasteiger charge is 2.38. The number of pyridine rings is 2. The third-order valence-electron chi connectivity index (χ3n) is 6.48. The zero-order valence-electron chi connectivity index (χ0n) is 21.3. The summed E-state index contributed by atoms with van der Waals surface area (Å²) >= 11 is 1.39. The lowest BCUT2D eigenvalue weighted by atomic mass is 10.1. The van der Waals surface area contributed by atoms with Gasteiger partial charge < -0.3 is 19.3 Å². The van der Waals surface area contributed by atoms with Crippen molar-refractivity contribution in [3.8, 4) is 5.75 Å². The summed E-state index contributed by atoms with van der Waals surface area (Å²) in [6.07, 6.45) is -1.80. The maximum Gasteiger partial charge on any atom is 0.418 e. The Morgan fingerprint density at radius 1 is 0.900 bits per heavy atom. The van der Waals surface area contributed by atoms with Crippen LogP contribution in [0.2, 0.25) is 0 Å². The van der Waals surface area contributed by atoms with Gasteiger partial charge in [-0.1, -0.05) is 18.2 Å². The maximum absolute atomic E-state index is 13.3. The summed E-state index contributed by atoms with van der Waals surface area (Å²) in [7, 11) is 1.47. The van der Waals surface area contributed by atoms with Crippen molar-refractivity contribution < 1.29 is 27.5 Å². The molecule has 0 spiro atoms. The molecule has 5 rings (SSSR count). The number of alkyl halides is 3. The van der Waals surface area contributed by atoms with Gasteiger partial charge in [0.15, 0.2) is 0 Å². The van der Waals surface area contributed by atoms with Gasteiger partial charge in [-0.05, 0) is 48.3 Å². The summed E-state index contributed by atoms with van der Waals surface area (Å²) in [6, 6.07) is 16.9. The van der Waals surface area contributed by atoms with E-state index in [0.29, 0.717) is 11.3 Å². The monoisotopic (exact) mass is 567 g/mol. The molecule has 3 heterocycles. The fourth-order valence-corrected chi connectivity index (χ4v) is 5.21. The number of anilines is 1. The highest BCUT2D eigenvalue weighted by atomic mass is 32.2. The molecule has 0 aliphatic carbocycles. The molecular formula is C28H24F3N5O3S. The minimum atomic E-state index is -4.70. The van der Waals surface area contributed by atoms with Gasteiger partial charge in [0, 0.05) is 55.7 Å². The molecule has 1 fully saturated rings. The number of amides is 2. The van der Waals surface area contributed by atoms with Crippen molar-refractivity contribution >= 4 is 40.4 Å². The lowest BCUT2D eigenvalue weighted by Gasteiger charge is -2.35. The standard InChI is InChI=1S/C28H24F3N5O3S/c1-39-22-17-19(34-40-23-8-2-5-18-6-3-11-32-24(18)23)9-10-20(22)26(37)35-13-15-36(16-14-35)27(38)25-21(28(29,30)31)7-4-12-33-25/h2-12,17,34H,13-16H2,1H3. The molecule has 2 aromatic heterocycles. The summed E-state index contributed by atoms with van der Waals surface area (Å²) in [5.41, 5.74) is 0.214. The number of carbonyl (C=O) groups is 2. The van der Waals surface area contributed by atoms with Crippen LogP contribution in [0.4, 0.5) is 18.9 Å². The number of benzene rings is 2. The quantitative estimate of drug-likeness (QED) is 0.313. The van der Waals surface area contributed by atoms with E-state index in [-0.39, 0.29) is 32.1 Å². The fraction of sp³-hybridized carbons (Fsp3) is 0.214. The highest BCUT2D eigenvalue weighted by molar-refractivity contribution is 8.00. The highest BCUT2D eigenvalue weighted by Crippen LogP contribution is 2.33. The Hall–Kier alpha value is -4.32. The molecule has 40 heavy (non-hydrogen) atoms. The number of para-hydroxylation sites is 1. The number of methoxy groups -OCH3 is 1. The molecule has 0 radical (unpaired) electrons. The van der Waals surface area contributed by atoms with E-state index in [1.165, 1.54) is 24.0 Å². The van der Waals surface area contributed by atoms with E-state index < -0.39 is 23.3 Å². The Bertz CT molecular complexity index is 1550. The van der Waals surface area contributed by atoms with Gasteiger partial charge in [0.1, 0.15) is 11.4 Å². The first kappa shape index (κ1) is 27.3. The van der Waals surface area contributed by atoms with E-state index in [1.807, 2.05) is 30.3 Å². The average molecular weight is 568 g/mol. The Kier molecular flexibility index (Phi) is 7.78. The summed E-state index contributed by atoms with van der Waals surface area (Å²) in [6.45, 7) is 0.476. The van der Waals surface area contributed by atoms with Crippen LogP contribution in [-0.2, 0) is 6.18 Å². The summed E-state index contributed by atoms with van der Waals surface area (Å²) in [4.78, 5) is 38.0. The van der Waals surface area contributed by atoms with Crippen molar-refractivity contribution in [2.75, 3.05) is 38.0 Å². The molecule has 0 saturated carbocycles. The van der Waals surface area contributed by atoms with Crippen LogP contribution >= 0.6 is 11.9 Å². The predicted octanol–water partition coefficient (Wildman–Crippen LogP) is 5.37. The van der Waals surface area contributed by atoms with Crippen molar-refractivity contribution in [1.82, 2.24) is 19.8 Å². The Labute approximate surface area is 232 Å². The molecule has 8 nitrogen and oxygen atoms in total. The molecule has 4 aromatic rings. The van der Waals surface area contributed by atoms with Crippen LogP contribution in [0.3, 0.4) is 0 Å². The third-order valence-corrected chi connectivity index (χ3v) is 7.36. The normalized spacial score (nSPS) is 13.8. The van der Waals surface area contributed by atoms with Gasteiger partial charge in [-0.25, -0.2) is 0 Å². The summed E-state index contributed by atoms with van der Waals surface area (Å²) in [5.74, 6) is -0.740. The Morgan fingerprint density at radius 2 is 1.57 bits per heavy atom. The molecule has 0 bridgehead atoms. The number of hydrogen-bond acceptors (Lipinski definition) is 7. The molecule has 1 aliphatic heterocycles. The molecule has 12 heteroatoms. The van der Waals surface area contributed by atoms with Crippen LogP contribution in [0.25, 0.3) is 10.9 Å². The third kappa shape index (κ3) is 5.67. The number of nitrogens with zero attached hydrogens (tertiary/aromatic N) is 4. The second-order valence-corrected chi connectivity index (χ2v) is 9.78. The molecule has 1 saturated heterocycles.